The van der Waals surface area contributed by atoms with Crippen molar-refractivity contribution in [3.63, 3.8) is 0 Å². The lowest BCUT2D eigenvalue weighted by Crippen LogP contribution is -2.37. The van der Waals surface area contributed by atoms with Gasteiger partial charge in [0.25, 0.3) is 0 Å². The first-order chi connectivity index (χ1) is 13.6. The van der Waals surface area contributed by atoms with E-state index in [4.69, 9.17) is 38.4 Å². The van der Waals surface area contributed by atoms with Crippen molar-refractivity contribution in [3.8, 4) is 6.01 Å². The number of hydrogen-bond donors (Lipinski definition) is 2. The van der Waals surface area contributed by atoms with Gasteiger partial charge in [0, 0.05) is 19.6 Å². The number of aromatic nitrogens is 2. The summed E-state index contributed by atoms with van der Waals surface area (Å²) in [7, 11) is 0. The Labute approximate surface area is 175 Å². The third kappa shape index (κ3) is 5.31. The van der Waals surface area contributed by atoms with E-state index in [9.17, 15) is 0 Å². The number of nitrogen functional groups attached to an aromatic ring is 1. The van der Waals surface area contributed by atoms with Crippen LogP contribution in [0.15, 0.2) is 18.2 Å². The van der Waals surface area contributed by atoms with Gasteiger partial charge in [0.1, 0.15) is 5.69 Å². The van der Waals surface area contributed by atoms with Gasteiger partial charge in [0.05, 0.1) is 29.9 Å². The van der Waals surface area contributed by atoms with E-state index in [1.807, 2.05) is 12.1 Å². The highest BCUT2D eigenvalue weighted by atomic mass is 35.5. The number of morpholine rings is 1. The SMILES string of the molecule is CCCCOc1nc(NCc2ccc(Cl)c(Cl)c2)c(N)c(N2CCOCC2)n1. The molecule has 1 aliphatic heterocycles. The van der Waals surface area contributed by atoms with Crippen LogP contribution in [0.3, 0.4) is 0 Å². The molecule has 0 saturated carbocycles. The molecule has 1 aromatic carbocycles. The predicted molar refractivity (Wildman–Crippen MR) is 114 cm³/mol. The summed E-state index contributed by atoms with van der Waals surface area (Å²) >= 11 is 12.1. The molecule has 152 valence electrons. The first kappa shape index (κ1) is 20.8. The molecule has 1 aromatic heterocycles. The van der Waals surface area contributed by atoms with Gasteiger partial charge in [0.2, 0.25) is 0 Å². The van der Waals surface area contributed by atoms with Crippen LogP contribution in [-0.2, 0) is 11.3 Å². The molecule has 0 atom stereocenters. The molecule has 1 aliphatic rings. The van der Waals surface area contributed by atoms with Crippen LogP contribution in [0, 0.1) is 0 Å². The van der Waals surface area contributed by atoms with Crippen LogP contribution in [0.4, 0.5) is 17.3 Å². The Kier molecular flexibility index (Phi) is 7.42. The third-order valence-corrected chi connectivity index (χ3v) is 5.13. The fourth-order valence-electron chi connectivity index (χ4n) is 2.80. The Hall–Kier alpha value is -1.96. The zero-order valence-electron chi connectivity index (χ0n) is 15.9. The van der Waals surface area contributed by atoms with Crippen molar-refractivity contribution < 1.29 is 9.47 Å². The van der Waals surface area contributed by atoms with E-state index in [2.05, 4.69) is 27.1 Å². The van der Waals surface area contributed by atoms with E-state index in [1.54, 1.807) is 6.07 Å². The van der Waals surface area contributed by atoms with Crippen LogP contribution in [-0.4, -0.2) is 42.9 Å². The normalized spacial score (nSPS) is 14.2. The molecular weight excluding hydrogens is 401 g/mol. The molecule has 2 heterocycles. The maximum Gasteiger partial charge on any atom is 0.320 e. The summed E-state index contributed by atoms with van der Waals surface area (Å²) in [6.07, 6.45) is 1.97. The fraction of sp³-hybridized carbons (Fsp3) is 0.474. The van der Waals surface area contributed by atoms with Crippen molar-refractivity contribution >= 4 is 40.5 Å². The first-order valence-corrected chi connectivity index (χ1v) is 10.1. The van der Waals surface area contributed by atoms with Gasteiger partial charge >= 0.3 is 6.01 Å². The molecule has 0 bridgehead atoms. The lowest BCUT2D eigenvalue weighted by Gasteiger charge is -2.29. The number of nitrogens with two attached hydrogens (primary N) is 1. The summed E-state index contributed by atoms with van der Waals surface area (Å²) < 4.78 is 11.2. The second-order valence-corrected chi connectivity index (χ2v) is 7.31. The van der Waals surface area contributed by atoms with E-state index in [-0.39, 0.29) is 0 Å². The predicted octanol–water partition coefficient (Wildman–Crippen LogP) is 3.99. The molecule has 0 radical (unpaired) electrons. The Morgan fingerprint density at radius 2 is 2.00 bits per heavy atom. The zero-order chi connectivity index (χ0) is 19.9. The minimum absolute atomic E-state index is 0.320. The number of unbranched alkanes of at least 4 members (excludes halogenated alkanes) is 1. The number of rotatable bonds is 8. The number of anilines is 3. The van der Waals surface area contributed by atoms with Gasteiger partial charge in [-0.3, -0.25) is 0 Å². The molecule has 0 amide bonds. The highest BCUT2D eigenvalue weighted by molar-refractivity contribution is 6.42. The number of hydrogen-bond acceptors (Lipinski definition) is 7. The number of benzene rings is 1. The molecule has 7 nitrogen and oxygen atoms in total. The van der Waals surface area contributed by atoms with E-state index < -0.39 is 0 Å². The largest absolute Gasteiger partial charge is 0.463 e. The van der Waals surface area contributed by atoms with Crippen LogP contribution in [0.1, 0.15) is 25.3 Å². The van der Waals surface area contributed by atoms with Crippen molar-refractivity contribution in [2.24, 2.45) is 0 Å². The fourth-order valence-corrected chi connectivity index (χ4v) is 3.12. The van der Waals surface area contributed by atoms with Gasteiger partial charge in [-0.25, -0.2) is 0 Å². The van der Waals surface area contributed by atoms with Gasteiger partial charge in [-0.15, -0.1) is 0 Å². The average Bonchev–Trinajstić information content (AvgIpc) is 2.71. The molecule has 28 heavy (non-hydrogen) atoms. The smallest absolute Gasteiger partial charge is 0.320 e. The number of nitrogens with one attached hydrogen (secondary N) is 1. The summed E-state index contributed by atoms with van der Waals surface area (Å²) in [6.45, 7) is 5.90. The maximum absolute atomic E-state index is 6.38. The minimum atomic E-state index is 0.320. The van der Waals surface area contributed by atoms with E-state index in [1.165, 1.54) is 0 Å². The van der Waals surface area contributed by atoms with Crippen LogP contribution in [0.5, 0.6) is 6.01 Å². The molecular formula is C19H25Cl2N5O2. The number of halogens is 2. The van der Waals surface area contributed by atoms with Gasteiger partial charge in [-0.05, 0) is 24.1 Å². The van der Waals surface area contributed by atoms with Gasteiger partial charge in [-0.1, -0.05) is 42.6 Å². The molecule has 1 saturated heterocycles. The molecule has 0 aliphatic carbocycles. The highest BCUT2D eigenvalue weighted by Crippen LogP contribution is 2.31. The zero-order valence-corrected chi connectivity index (χ0v) is 17.4. The van der Waals surface area contributed by atoms with E-state index >= 15 is 0 Å². The minimum Gasteiger partial charge on any atom is -0.463 e. The summed E-state index contributed by atoms with van der Waals surface area (Å²) in [4.78, 5) is 11.1. The second-order valence-electron chi connectivity index (χ2n) is 6.50. The van der Waals surface area contributed by atoms with Crippen molar-refractivity contribution in [2.75, 3.05) is 48.9 Å². The standard InChI is InChI=1S/C19H25Cl2N5O2/c1-2-3-8-28-19-24-17(23-12-13-4-5-14(20)15(21)11-13)16(22)18(25-19)26-6-9-27-10-7-26/h4-5,11H,2-3,6-10,12,22H2,1H3,(H,23,24,25). The van der Waals surface area contributed by atoms with E-state index in [0.717, 1.165) is 31.5 Å². The topological polar surface area (TPSA) is 85.5 Å². The maximum atomic E-state index is 6.38. The first-order valence-electron chi connectivity index (χ1n) is 9.39. The Morgan fingerprint density at radius 3 is 2.71 bits per heavy atom. The average molecular weight is 426 g/mol. The van der Waals surface area contributed by atoms with Gasteiger partial charge in [0.15, 0.2) is 11.6 Å². The van der Waals surface area contributed by atoms with Crippen molar-refractivity contribution in [3.05, 3.63) is 33.8 Å². The lowest BCUT2D eigenvalue weighted by molar-refractivity contribution is 0.122. The molecule has 0 spiro atoms. The van der Waals surface area contributed by atoms with Crippen LogP contribution in [0.2, 0.25) is 10.0 Å². The van der Waals surface area contributed by atoms with Crippen LogP contribution >= 0.6 is 23.2 Å². The third-order valence-electron chi connectivity index (χ3n) is 4.39. The van der Waals surface area contributed by atoms with E-state index in [0.29, 0.717) is 59.7 Å². The van der Waals surface area contributed by atoms with Crippen molar-refractivity contribution in [2.45, 2.75) is 26.3 Å². The van der Waals surface area contributed by atoms with Crippen LogP contribution in [0.25, 0.3) is 0 Å². The summed E-state index contributed by atoms with van der Waals surface area (Å²) in [5.74, 6) is 1.20. The number of ether oxygens (including phenoxy) is 2. The summed E-state index contributed by atoms with van der Waals surface area (Å²) in [6, 6.07) is 5.80. The van der Waals surface area contributed by atoms with Crippen molar-refractivity contribution in [1.29, 1.82) is 0 Å². The summed E-state index contributed by atoms with van der Waals surface area (Å²) in [5.41, 5.74) is 7.84. The second kappa shape index (κ2) is 10.0. The Bertz CT molecular complexity index is 800. The lowest BCUT2D eigenvalue weighted by atomic mass is 10.2. The number of nitrogens with zero attached hydrogens (tertiary/aromatic N) is 3. The Morgan fingerprint density at radius 1 is 1.21 bits per heavy atom. The monoisotopic (exact) mass is 425 g/mol. The molecule has 3 N–H and O–H groups in total. The summed E-state index contributed by atoms with van der Waals surface area (Å²) in [5, 5.41) is 4.30. The van der Waals surface area contributed by atoms with Crippen molar-refractivity contribution in [1.82, 2.24) is 9.97 Å². The van der Waals surface area contributed by atoms with Gasteiger partial charge < -0.3 is 25.4 Å². The Balaban J connectivity index is 1.82. The molecule has 0 unspecified atom stereocenters. The molecule has 2 aromatic rings. The van der Waals surface area contributed by atoms with Gasteiger partial charge in [-0.2, -0.15) is 9.97 Å². The van der Waals surface area contributed by atoms with Crippen LogP contribution < -0.4 is 20.7 Å². The molecule has 3 rings (SSSR count). The highest BCUT2D eigenvalue weighted by Gasteiger charge is 2.20. The molecule has 9 heteroatoms. The quantitative estimate of drug-likeness (QED) is 0.618. The molecule has 1 fully saturated rings.